The lowest BCUT2D eigenvalue weighted by atomic mass is 10.0. The van der Waals surface area contributed by atoms with E-state index in [1.54, 1.807) is 25.1 Å². The molecule has 1 N–H and O–H groups in total. The molecule has 1 aromatic carbocycles. The van der Waals surface area contributed by atoms with Crippen LogP contribution in [0.25, 0.3) is 0 Å². The van der Waals surface area contributed by atoms with Gasteiger partial charge in [0.25, 0.3) is 9.05 Å². The summed E-state index contributed by atoms with van der Waals surface area (Å²) in [5.74, 6) is 0.333. The quantitative estimate of drug-likeness (QED) is 0.723. The largest absolute Gasteiger partial charge is 0.366 e. The number of hydrogen-bond acceptors (Lipinski definition) is 5. The van der Waals surface area contributed by atoms with Crippen molar-refractivity contribution in [1.29, 1.82) is 0 Å². The molecule has 5 nitrogen and oxygen atoms in total. The van der Waals surface area contributed by atoms with Crippen molar-refractivity contribution >= 4 is 65.2 Å². The van der Waals surface area contributed by atoms with E-state index >= 15 is 0 Å². The summed E-state index contributed by atoms with van der Waals surface area (Å²) < 4.78 is 23.0. The summed E-state index contributed by atoms with van der Waals surface area (Å²) in [6, 6.07) is 4.27. The molecule has 0 spiro atoms. The minimum Gasteiger partial charge on any atom is -0.366 e. The first-order valence-corrected chi connectivity index (χ1v) is 9.18. The molecular formula is C11H13BrCl2N2O3S2. The molecule has 1 unspecified atom stereocenters. The van der Waals surface area contributed by atoms with Gasteiger partial charge in [0.05, 0.1) is 10.8 Å². The molecule has 0 aliphatic carbocycles. The Morgan fingerprint density at radius 3 is 2.57 bits per heavy atom. The SMILES string of the molecule is Br.CN=C1SCC(O)(c2ccc(Cl)c(S(=O)(=O)Cl)c2)N1C. The van der Waals surface area contributed by atoms with E-state index in [4.69, 9.17) is 22.3 Å². The summed E-state index contributed by atoms with van der Waals surface area (Å²) in [7, 11) is 4.68. The number of amidine groups is 1. The van der Waals surface area contributed by atoms with Crippen molar-refractivity contribution in [1.82, 2.24) is 4.90 Å². The van der Waals surface area contributed by atoms with Gasteiger partial charge in [-0.15, -0.1) is 17.0 Å². The number of aliphatic hydroxyl groups is 1. The molecule has 1 fully saturated rings. The van der Waals surface area contributed by atoms with Crippen LogP contribution in [0.4, 0.5) is 0 Å². The van der Waals surface area contributed by atoms with Crippen LogP contribution >= 0.6 is 51.0 Å². The Morgan fingerprint density at radius 1 is 1.48 bits per heavy atom. The molecule has 0 bridgehead atoms. The van der Waals surface area contributed by atoms with E-state index in [1.165, 1.54) is 23.9 Å². The summed E-state index contributed by atoms with van der Waals surface area (Å²) in [5.41, 5.74) is -0.949. The molecule has 10 heteroatoms. The Morgan fingerprint density at radius 2 is 2.10 bits per heavy atom. The fourth-order valence-electron chi connectivity index (χ4n) is 1.95. The fourth-order valence-corrected chi connectivity index (χ4v) is 4.60. The van der Waals surface area contributed by atoms with Crippen LogP contribution in [0.3, 0.4) is 0 Å². The van der Waals surface area contributed by atoms with E-state index in [1.807, 2.05) is 0 Å². The van der Waals surface area contributed by atoms with Gasteiger partial charge in [0.1, 0.15) is 4.90 Å². The Kier molecular flexibility index (Phi) is 6.02. The van der Waals surface area contributed by atoms with E-state index in [0.29, 0.717) is 16.5 Å². The monoisotopic (exact) mass is 434 g/mol. The number of aliphatic imine (C=N–C) groups is 1. The molecule has 1 saturated heterocycles. The van der Waals surface area contributed by atoms with Gasteiger partial charge in [0.2, 0.25) is 0 Å². The topological polar surface area (TPSA) is 70.0 Å². The van der Waals surface area contributed by atoms with Crippen molar-refractivity contribution in [2.24, 2.45) is 4.99 Å². The van der Waals surface area contributed by atoms with Crippen LogP contribution < -0.4 is 0 Å². The average molecular weight is 436 g/mol. The molecular weight excluding hydrogens is 423 g/mol. The molecule has 1 aliphatic heterocycles. The number of nitrogens with zero attached hydrogens (tertiary/aromatic N) is 2. The van der Waals surface area contributed by atoms with Crippen molar-refractivity contribution in [3.63, 3.8) is 0 Å². The third kappa shape index (κ3) is 3.51. The lowest BCUT2D eigenvalue weighted by Crippen LogP contribution is -2.42. The first-order chi connectivity index (χ1) is 9.20. The standard InChI is InChI=1S/C11H12Cl2N2O3S2.BrH/c1-14-10-15(2)11(16,6-19-10)7-3-4-8(12)9(5-7)20(13,17)18;/h3-5,16H,6H2,1-2H3;1H. The normalized spacial score (nSPS) is 24.2. The zero-order valence-corrected chi connectivity index (χ0v) is 15.9. The van der Waals surface area contributed by atoms with Gasteiger partial charge in [-0.25, -0.2) is 8.42 Å². The molecule has 0 saturated carbocycles. The maximum absolute atomic E-state index is 11.5. The van der Waals surface area contributed by atoms with Crippen LogP contribution in [0.2, 0.25) is 5.02 Å². The fraction of sp³-hybridized carbons (Fsp3) is 0.364. The molecule has 1 heterocycles. The molecule has 0 radical (unpaired) electrons. The summed E-state index contributed by atoms with van der Waals surface area (Å²) in [6.07, 6.45) is 0. The first-order valence-electron chi connectivity index (χ1n) is 5.50. The van der Waals surface area contributed by atoms with E-state index in [-0.39, 0.29) is 26.9 Å². The van der Waals surface area contributed by atoms with Crippen LogP contribution in [0.5, 0.6) is 0 Å². The summed E-state index contributed by atoms with van der Waals surface area (Å²) in [6.45, 7) is 0. The number of hydrogen-bond donors (Lipinski definition) is 1. The van der Waals surface area contributed by atoms with Gasteiger partial charge in [-0.1, -0.05) is 29.4 Å². The van der Waals surface area contributed by atoms with E-state index in [0.717, 1.165) is 0 Å². The summed E-state index contributed by atoms with van der Waals surface area (Å²) in [4.78, 5) is 5.43. The Balaban J connectivity index is 0.00000220. The van der Waals surface area contributed by atoms with E-state index in [9.17, 15) is 13.5 Å². The van der Waals surface area contributed by atoms with Crippen molar-refractivity contribution in [2.75, 3.05) is 19.8 Å². The van der Waals surface area contributed by atoms with Crippen molar-refractivity contribution in [3.8, 4) is 0 Å². The number of benzene rings is 1. The second-order valence-electron chi connectivity index (χ2n) is 4.25. The highest BCUT2D eigenvalue weighted by Gasteiger charge is 2.42. The second-order valence-corrected chi connectivity index (χ2v) is 8.14. The zero-order chi connectivity index (χ0) is 15.1. The van der Waals surface area contributed by atoms with Crippen molar-refractivity contribution < 1.29 is 13.5 Å². The highest BCUT2D eigenvalue weighted by molar-refractivity contribution is 8.93. The minimum atomic E-state index is -3.98. The molecule has 118 valence electrons. The van der Waals surface area contributed by atoms with Gasteiger partial charge in [-0.05, 0) is 12.1 Å². The highest BCUT2D eigenvalue weighted by atomic mass is 79.9. The molecule has 0 aromatic heterocycles. The predicted molar refractivity (Wildman–Crippen MR) is 92.3 cm³/mol. The maximum Gasteiger partial charge on any atom is 0.262 e. The Bertz CT molecular complexity index is 684. The van der Waals surface area contributed by atoms with Gasteiger partial charge in [0.15, 0.2) is 10.9 Å². The lowest BCUT2D eigenvalue weighted by molar-refractivity contribution is -0.0349. The second kappa shape index (κ2) is 6.64. The van der Waals surface area contributed by atoms with Crippen LogP contribution in [-0.2, 0) is 14.8 Å². The Labute approximate surface area is 147 Å². The van der Waals surface area contributed by atoms with E-state index in [2.05, 4.69) is 4.99 Å². The van der Waals surface area contributed by atoms with Gasteiger partial charge in [-0.3, -0.25) is 4.99 Å². The third-order valence-electron chi connectivity index (χ3n) is 3.09. The Hall–Kier alpha value is 0.01000. The molecule has 0 amide bonds. The molecule has 2 rings (SSSR count). The van der Waals surface area contributed by atoms with E-state index < -0.39 is 14.8 Å². The third-order valence-corrected chi connectivity index (χ3v) is 6.16. The van der Waals surface area contributed by atoms with Crippen LogP contribution in [0.15, 0.2) is 28.1 Å². The van der Waals surface area contributed by atoms with Gasteiger partial charge >= 0.3 is 0 Å². The van der Waals surface area contributed by atoms with Crippen LogP contribution in [-0.4, -0.2) is 43.4 Å². The van der Waals surface area contributed by atoms with Crippen molar-refractivity contribution in [3.05, 3.63) is 28.8 Å². The van der Waals surface area contributed by atoms with Crippen LogP contribution in [0.1, 0.15) is 5.56 Å². The minimum absolute atomic E-state index is 0. The van der Waals surface area contributed by atoms with Gasteiger partial charge in [0, 0.05) is 30.3 Å². The zero-order valence-electron chi connectivity index (χ0n) is 11.1. The summed E-state index contributed by atoms with van der Waals surface area (Å²) >= 11 is 7.22. The molecule has 21 heavy (non-hydrogen) atoms. The maximum atomic E-state index is 11.5. The van der Waals surface area contributed by atoms with Gasteiger partial charge < -0.3 is 10.0 Å². The molecule has 1 aliphatic rings. The number of thioether (sulfide) groups is 1. The first kappa shape index (κ1) is 19.1. The average Bonchev–Trinajstić information content (AvgIpc) is 2.66. The van der Waals surface area contributed by atoms with Crippen LogP contribution in [0, 0.1) is 0 Å². The smallest absolute Gasteiger partial charge is 0.262 e. The number of halogens is 3. The summed E-state index contributed by atoms with van der Waals surface area (Å²) in [5, 5.41) is 11.4. The number of rotatable bonds is 2. The molecule has 1 aromatic rings. The van der Waals surface area contributed by atoms with Gasteiger partial charge in [-0.2, -0.15) is 0 Å². The highest BCUT2D eigenvalue weighted by Crippen LogP contribution is 2.39. The van der Waals surface area contributed by atoms with Crippen molar-refractivity contribution in [2.45, 2.75) is 10.6 Å². The lowest BCUT2D eigenvalue weighted by Gasteiger charge is -2.31. The molecule has 1 atom stereocenters. The predicted octanol–water partition coefficient (Wildman–Crippen LogP) is 2.65.